The number of hydrogen-bond acceptors (Lipinski definition) is 1. The van der Waals surface area contributed by atoms with Crippen LogP contribution in [0.5, 0.6) is 5.75 Å². The van der Waals surface area contributed by atoms with Gasteiger partial charge in [0.2, 0.25) is 0 Å². The maximum absolute atomic E-state index is 5.47. The van der Waals surface area contributed by atoms with E-state index in [0.29, 0.717) is 6.61 Å². The third-order valence-corrected chi connectivity index (χ3v) is 2.33. The van der Waals surface area contributed by atoms with Crippen molar-refractivity contribution >= 4 is 6.08 Å². The summed E-state index contributed by atoms with van der Waals surface area (Å²) in [5.41, 5.74) is 2.54. The van der Waals surface area contributed by atoms with E-state index in [4.69, 9.17) is 11.2 Å². The summed E-state index contributed by atoms with van der Waals surface area (Å²) in [5, 5.41) is 0. The highest BCUT2D eigenvalue weighted by molar-refractivity contribution is 5.63. The Morgan fingerprint density at radius 3 is 3.21 bits per heavy atom. The maximum Gasteiger partial charge on any atom is 0.148 e. The number of hydrogen-bond donors (Lipinski definition) is 0. The van der Waals surface area contributed by atoms with Gasteiger partial charge in [0.05, 0.1) is 0 Å². The van der Waals surface area contributed by atoms with Crippen molar-refractivity contribution in [1.29, 1.82) is 0 Å². The summed E-state index contributed by atoms with van der Waals surface area (Å²) < 4.78 is 5.47. The molecule has 0 saturated carbocycles. The molecule has 14 heavy (non-hydrogen) atoms. The predicted molar refractivity (Wildman–Crippen MR) is 58.1 cm³/mol. The van der Waals surface area contributed by atoms with E-state index in [9.17, 15) is 0 Å². The van der Waals surface area contributed by atoms with Crippen LogP contribution in [0.3, 0.4) is 0 Å². The first-order chi connectivity index (χ1) is 6.92. The zero-order valence-corrected chi connectivity index (χ0v) is 7.99. The molecule has 0 N–H and O–H groups in total. The number of rotatable bonds is 2. The largest absolute Gasteiger partial charge is 0.480 e. The summed E-state index contributed by atoms with van der Waals surface area (Å²) in [4.78, 5) is 0. The predicted octanol–water partition coefficient (Wildman–Crippen LogP) is 2.66. The number of allylic oxidation sites excluding steroid dienone is 1. The lowest BCUT2D eigenvalue weighted by atomic mass is 9.97. The van der Waals surface area contributed by atoms with E-state index in [0.717, 1.165) is 18.6 Å². The smallest absolute Gasteiger partial charge is 0.148 e. The Kier molecular flexibility index (Phi) is 2.55. The molecule has 1 aromatic rings. The van der Waals surface area contributed by atoms with Crippen molar-refractivity contribution in [3.63, 3.8) is 0 Å². The lowest BCUT2D eigenvalue weighted by Gasteiger charge is -2.14. The lowest BCUT2D eigenvalue weighted by molar-refractivity contribution is 0.369. The molecular weight excluding hydrogens is 172 g/mol. The van der Waals surface area contributed by atoms with Crippen LogP contribution in [0, 0.1) is 12.3 Å². The van der Waals surface area contributed by atoms with Crippen LogP contribution in [0.4, 0.5) is 0 Å². The van der Waals surface area contributed by atoms with Gasteiger partial charge in [0.25, 0.3) is 0 Å². The zero-order valence-electron chi connectivity index (χ0n) is 7.99. The minimum Gasteiger partial charge on any atom is -0.480 e. The molecule has 1 aromatic carbocycles. The van der Waals surface area contributed by atoms with Gasteiger partial charge in [0, 0.05) is 5.56 Å². The monoisotopic (exact) mass is 184 g/mol. The second kappa shape index (κ2) is 4.02. The lowest BCUT2D eigenvalue weighted by Crippen LogP contribution is -2.00. The van der Waals surface area contributed by atoms with Crippen LogP contribution < -0.4 is 4.74 Å². The summed E-state index contributed by atoms with van der Waals surface area (Å²) in [7, 11) is 0. The third-order valence-electron chi connectivity index (χ3n) is 2.33. The highest BCUT2D eigenvalue weighted by Crippen LogP contribution is 2.28. The van der Waals surface area contributed by atoms with Crippen molar-refractivity contribution in [2.75, 3.05) is 6.61 Å². The first kappa shape index (κ1) is 8.90. The summed E-state index contributed by atoms with van der Waals surface area (Å²) in [6.45, 7) is 0.338. The molecule has 0 aromatic heterocycles. The van der Waals surface area contributed by atoms with Crippen molar-refractivity contribution in [1.82, 2.24) is 0 Å². The molecule has 0 bridgehead atoms. The van der Waals surface area contributed by atoms with Crippen molar-refractivity contribution in [2.45, 2.75) is 12.8 Å². The van der Waals surface area contributed by atoms with E-state index in [1.165, 1.54) is 11.1 Å². The van der Waals surface area contributed by atoms with E-state index >= 15 is 0 Å². The molecule has 0 saturated heterocycles. The molecule has 0 radical (unpaired) electrons. The van der Waals surface area contributed by atoms with Gasteiger partial charge >= 0.3 is 0 Å². The van der Waals surface area contributed by atoms with Gasteiger partial charge in [0.15, 0.2) is 0 Å². The van der Waals surface area contributed by atoms with Gasteiger partial charge in [-0.3, -0.25) is 0 Å². The van der Waals surface area contributed by atoms with E-state index < -0.39 is 0 Å². The molecule has 1 aliphatic carbocycles. The van der Waals surface area contributed by atoms with Gasteiger partial charge in [-0.2, -0.15) is 0 Å². The highest BCUT2D eigenvalue weighted by Gasteiger charge is 2.08. The number of aryl methyl sites for hydroxylation is 1. The normalized spacial score (nSPS) is 13.1. The molecule has 0 amide bonds. The Morgan fingerprint density at radius 1 is 1.43 bits per heavy atom. The fourth-order valence-corrected chi connectivity index (χ4v) is 1.68. The molecule has 2 rings (SSSR count). The minimum atomic E-state index is 0.338. The van der Waals surface area contributed by atoms with Crippen LogP contribution in [0.25, 0.3) is 6.08 Å². The SMILES string of the molecule is C#CCOc1cccc2c1C=CCC2. The van der Waals surface area contributed by atoms with Crippen molar-refractivity contribution in [3.05, 3.63) is 35.4 Å². The molecule has 1 nitrogen and oxygen atoms in total. The topological polar surface area (TPSA) is 9.23 Å². The first-order valence-corrected chi connectivity index (χ1v) is 4.76. The molecule has 0 fully saturated rings. The summed E-state index contributed by atoms with van der Waals surface area (Å²) >= 11 is 0. The molecule has 0 aliphatic heterocycles. The fraction of sp³-hybridized carbons (Fsp3) is 0.231. The Bertz CT molecular complexity index is 396. The van der Waals surface area contributed by atoms with E-state index in [-0.39, 0.29) is 0 Å². The number of fused-ring (bicyclic) bond motifs is 1. The minimum absolute atomic E-state index is 0.338. The molecule has 1 aliphatic rings. The zero-order chi connectivity index (χ0) is 9.80. The van der Waals surface area contributed by atoms with Gasteiger partial charge in [-0.1, -0.05) is 30.2 Å². The van der Waals surface area contributed by atoms with E-state index in [1.807, 2.05) is 12.1 Å². The third kappa shape index (κ3) is 1.65. The second-order valence-corrected chi connectivity index (χ2v) is 3.26. The molecule has 70 valence electrons. The van der Waals surface area contributed by atoms with Gasteiger partial charge in [-0.15, -0.1) is 6.42 Å². The van der Waals surface area contributed by atoms with Gasteiger partial charge in [0.1, 0.15) is 12.4 Å². The van der Waals surface area contributed by atoms with Crippen LogP contribution in [0.1, 0.15) is 17.5 Å². The van der Waals surface area contributed by atoms with Crippen LogP contribution in [0.2, 0.25) is 0 Å². The Hall–Kier alpha value is -1.68. The molecule has 0 atom stereocenters. The second-order valence-electron chi connectivity index (χ2n) is 3.26. The van der Waals surface area contributed by atoms with Gasteiger partial charge in [-0.05, 0) is 24.5 Å². The van der Waals surface area contributed by atoms with E-state index in [1.54, 1.807) is 0 Å². The summed E-state index contributed by atoms with van der Waals surface area (Å²) in [6.07, 6.45) is 11.7. The quantitative estimate of drug-likeness (QED) is 0.642. The number of terminal acetylenes is 1. The summed E-state index contributed by atoms with van der Waals surface area (Å²) in [6, 6.07) is 6.12. The summed E-state index contributed by atoms with van der Waals surface area (Å²) in [5.74, 6) is 3.38. The molecule has 0 unspecified atom stereocenters. The molecule has 0 heterocycles. The standard InChI is InChI=1S/C13H12O/c1-2-10-14-13-9-5-7-11-6-3-4-8-12(11)13/h1,4-5,7-9H,3,6,10H2. The molecular formula is C13H12O. The van der Waals surface area contributed by atoms with E-state index in [2.05, 4.69) is 24.1 Å². The van der Waals surface area contributed by atoms with Crippen LogP contribution in [-0.2, 0) is 6.42 Å². The van der Waals surface area contributed by atoms with Gasteiger partial charge < -0.3 is 4.74 Å². The molecule has 1 heteroatoms. The Labute approximate surface area is 84.4 Å². The van der Waals surface area contributed by atoms with Gasteiger partial charge in [-0.25, -0.2) is 0 Å². The van der Waals surface area contributed by atoms with Crippen molar-refractivity contribution < 1.29 is 4.74 Å². The molecule has 0 spiro atoms. The van der Waals surface area contributed by atoms with Crippen molar-refractivity contribution in [2.24, 2.45) is 0 Å². The van der Waals surface area contributed by atoms with Crippen LogP contribution >= 0.6 is 0 Å². The Morgan fingerprint density at radius 2 is 2.36 bits per heavy atom. The maximum atomic E-state index is 5.47. The highest BCUT2D eigenvalue weighted by atomic mass is 16.5. The van der Waals surface area contributed by atoms with Crippen LogP contribution in [0.15, 0.2) is 24.3 Å². The average Bonchev–Trinajstić information content (AvgIpc) is 2.26. The number of benzene rings is 1. The Balaban J connectivity index is 2.33. The van der Waals surface area contributed by atoms with Crippen LogP contribution in [-0.4, -0.2) is 6.61 Å². The van der Waals surface area contributed by atoms with Crippen molar-refractivity contribution in [3.8, 4) is 18.1 Å². The average molecular weight is 184 g/mol. The fourth-order valence-electron chi connectivity index (χ4n) is 1.68. The number of ether oxygens (including phenoxy) is 1. The first-order valence-electron chi connectivity index (χ1n) is 4.76.